The van der Waals surface area contributed by atoms with Gasteiger partial charge >= 0.3 is 0 Å². The fraction of sp³-hybridized carbons (Fsp3) is 0.667. The maximum Gasteiger partial charge on any atom is 0.0908 e. The lowest BCUT2D eigenvalue weighted by molar-refractivity contribution is 0.598. The van der Waals surface area contributed by atoms with E-state index in [1.165, 1.54) is 19.3 Å². The highest BCUT2D eigenvalue weighted by molar-refractivity contribution is 5.03. The Balaban J connectivity index is 3.35. The van der Waals surface area contributed by atoms with Crippen LogP contribution in [0, 0.1) is 17.2 Å². The number of nitrogens with zero attached hydrogens (tertiary/aromatic N) is 1. The van der Waals surface area contributed by atoms with Crippen LogP contribution in [0.25, 0.3) is 0 Å². The van der Waals surface area contributed by atoms with E-state index in [1.807, 2.05) is 12.1 Å². The smallest absolute Gasteiger partial charge is 0.0908 e. The summed E-state index contributed by atoms with van der Waals surface area (Å²) in [6, 6.07) is 1.99. The van der Waals surface area contributed by atoms with E-state index in [4.69, 9.17) is 5.26 Å². The van der Waals surface area contributed by atoms with Crippen molar-refractivity contribution < 1.29 is 0 Å². The van der Waals surface area contributed by atoms with Crippen LogP contribution in [-0.2, 0) is 0 Å². The molecule has 0 radical (unpaired) electrons. The highest BCUT2D eigenvalue weighted by Gasteiger charge is 1.93. The summed E-state index contributed by atoms with van der Waals surface area (Å²) in [6.45, 7) is 4.32. The highest BCUT2D eigenvalue weighted by atomic mass is 14.2. The first kappa shape index (κ1) is 9.23. The van der Waals surface area contributed by atoms with E-state index in [0.29, 0.717) is 5.92 Å². The number of hydrogen-bond acceptors (Lipinski definition) is 1. The zero-order valence-electron chi connectivity index (χ0n) is 6.80. The van der Waals surface area contributed by atoms with E-state index in [-0.39, 0.29) is 0 Å². The van der Waals surface area contributed by atoms with Crippen molar-refractivity contribution in [2.24, 2.45) is 5.92 Å². The first-order valence-electron chi connectivity index (χ1n) is 3.87. The zero-order valence-corrected chi connectivity index (χ0v) is 6.80. The highest BCUT2D eigenvalue weighted by Crippen LogP contribution is 2.07. The third-order valence-corrected chi connectivity index (χ3v) is 1.51. The number of allylic oxidation sites excluding steroid dienone is 2. The van der Waals surface area contributed by atoms with Crippen molar-refractivity contribution in [3.8, 4) is 6.07 Å². The van der Waals surface area contributed by atoms with Gasteiger partial charge in [-0.1, -0.05) is 32.8 Å². The van der Waals surface area contributed by atoms with Gasteiger partial charge in [0.1, 0.15) is 0 Å². The molecule has 0 aliphatic heterocycles. The topological polar surface area (TPSA) is 23.8 Å². The molecule has 0 aliphatic carbocycles. The molecule has 0 saturated carbocycles. The molecule has 0 rings (SSSR count). The summed E-state index contributed by atoms with van der Waals surface area (Å²) in [5.41, 5.74) is 0. The molecule has 10 heavy (non-hydrogen) atoms. The molecule has 0 spiro atoms. The van der Waals surface area contributed by atoms with Crippen LogP contribution in [0.4, 0.5) is 0 Å². The summed E-state index contributed by atoms with van der Waals surface area (Å²) in [5, 5.41) is 8.20. The van der Waals surface area contributed by atoms with Gasteiger partial charge in [-0.25, -0.2) is 0 Å². The normalized spacial score (nSPS) is 13.3. The molecule has 0 saturated heterocycles. The van der Waals surface area contributed by atoms with Crippen molar-refractivity contribution in [2.75, 3.05) is 0 Å². The van der Waals surface area contributed by atoms with Gasteiger partial charge in [-0.2, -0.15) is 5.26 Å². The predicted octanol–water partition coefficient (Wildman–Crippen LogP) is 2.89. The summed E-state index contributed by atoms with van der Waals surface area (Å²) in [6.07, 6.45) is 7.24. The second kappa shape index (κ2) is 6.35. The van der Waals surface area contributed by atoms with Crippen LogP contribution in [0.2, 0.25) is 0 Å². The lowest BCUT2D eigenvalue weighted by Crippen LogP contribution is -1.87. The average molecular weight is 137 g/mol. The Bertz CT molecular complexity index is 130. The molecule has 0 aromatic heterocycles. The van der Waals surface area contributed by atoms with Crippen LogP contribution in [-0.4, -0.2) is 0 Å². The van der Waals surface area contributed by atoms with Crippen molar-refractivity contribution in [3.63, 3.8) is 0 Å². The molecule has 56 valence electrons. The van der Waals surface area contributed by atoms with Crippen molar-refractivity contribution in [1.29, 1.82) is 5.26 Å². The van der Waals surface area contributed by atoms with Crippen LogP contribution in [0.3, 0.4) is 0 Å². The standard InChI is InChI=1S/C9H15N/c1-3-4-6-9(2)7-5-8-10/h5,7,9H,3-4,6H2,1-2H3/b7-5+/t9-/m1/s1. The molecule has 0 aliphatic rings. The molecular weight excluding hydrogens is 122 g/mol. The summed E-state index contributed by atoms with van der Waals surface area (Å²) in [5.74, 6) is 0.569. The number of hydrogen-bond donors (Lipinski definition) is 0. The van der Waals surface area contributed by atoms with E-state index in [9.17, 15) is 0 Å². The molecule has 0 unspecified atom stereocenters. The van der Waals surface area contributed by atoms with Gasteiger partial charge in [0.05, 0.1) is 6.07 Å². The monoisotopic (exact) mass is 137 g/mol. The molecule has 0 amide bonds. The minimum atomic E-state index is 0.569. The predicted molar refractivity (Wildman–Crippen MR) is 43.4 cm³/mol. The minimum absolute atomic E-state index is 0.569. The van der Waals surface area contributed by atoms with Gasteiger partial charge in [0.2, 0.25) is 0 Å². The Kier molecular flexibility index (Phi) is 5.86. The number of unbranched alkanes of at least 4 members (excludes halogenated alkanes) is 1. The number of rotatable bonds is 4. The third kappa shape index (κ3) is 5.37. The lowest BCUT2D eigenvalue weighted by atomic mass is 10.0. The largest absolute Gasteiger partial charge is 0.193 e. The van der Waals surface area contributed by atoms with Crippen molar-refractivity contribution in [1.82, 2.24) is 0 Å². The zero-order chi connectivity index (χ0) is 7.82. The van der Waals surface area contributed by atoms with E-state index < -0.39 is 0 Å². The van der Waals surface area contributed by atoms with Crippen LogP contribution in [0.5, 0.6) is 0 Å². The van der Waals surface area contributed by atoms with Crippen LogP contribution in [0.1, 0.15) is 33.1 Å². The van der Waals surface area contributed by atoms with E-state index in [0.717, 1.165) is 0 Å². The fourth-order valence-electron chi connectivity index (χ4n) is 0.830. The van der Waals surface area contributed by atoms with Gasteiger partial charge in [0.25, 0.3) is 0 Å². The van der Waals surface area contributed by atoms with Crippen LogP contribution >= 0.6 is 0 Å². The van der Waals surface area contributed by atoms with Gasteiger partial charge in [-0.3, -0.25) is 0 Å². The minimum Gasteiger partial charge on any atom is -0.193 e. The molecule has 1 heteroatoms. The van der Waals surface area contributed by atoms with Crippen molar-refractivity contribution >= 4 is 0 Å². The first-order valence-corrected chi connectivity index (χ1v) is 3.87. The van der Waals surface area contributed by atoms with Gasteiger partial charge < -0.3 is 0 Å². The quantitative estimate of drug-likeness (QED) is 0.546. The second-order valence-electron chi connectivity index (χ2n) is 2.61. The Morgan fingerprint density at radius 3 is 2.80 bits per heavy atom. The van der Waals surface area contributed by atoms with Gasteiger partial charge in [-0.15, -0.1) is 0 Å². The van der Waals surface area contributed by atoms with Crippen molar-refractivity contribution in [3.05, 3.63) is 12.2 Å². The van der Waals surface area contributed by atoms with Gasteiger partial charge in [0.15, 0.2) is 0 Å². The van der Waals surface area contributed by atoms with Crippen LogP contribution < -0.4 is 0 Å². The molecule has 0 bridgehead atoms. The molecule has 0 N–H and O–H groups in total. The third-order valence-electron chi connectivity index (χ3n) is 1.51. The first-order chi connectivity index (χ1) is 4.81. The Morgan fingerprint density at radius 1 is 1.60 bits per heavy atom. The summed E-state index contributed by atoms with van der Waals surface area (Å²) in [4.78, 5) is 0. The maximum atomic E-state index is 8.20. The summed E-state index contributed by atoms with van der Waals surface area (Å²) < 4.78 is 0. The van der Waals surface area contributed by atoms with E-state index in [1.54, 1.807) is 6.08 Å². The molecule has 1 nitrogen and oxygen atoms in total. The molecule has 0 aromatic carbocycles. The Hall–Kier alpha value is -0.770. The number of nitriles is 1. The average Bonchev–Trinajstić information content (AvgIpc) is 1.97. The van der Waals surface area contributed by atoms with Crippen LogP contribution in [0.15, 0.2) is 12.2 Å². The summed E-state index contributed by atoms with van der Waals surface area (Å²) in [7, 11) is 0. The Morgan fingerprint density at radius 2 is 2.30 bits per heavy atom. The fourth-order valence-corrected chi connectivity index (χ4v) is 0.830. The Labute approximate surface area is 63.4 Å². The SMILES string of the molecule is CCCC[C@@H](C)/C=C/C#N. The van der Waals surface area contributed by atoms with E-state index in [2.05, 4.69) is 13.8 Å². The molecule has 0 aromatic rings. The van der Waals surface area contributed by atoms with Gasteiger partial charge in [-0.05, 0) is 12.3 Å². The van der Waals surface area contributed by atoms with Crippen molar-refractivity contribution in [2.45, 2.75) is 33.1 Å². The summed E-state index contributed by atoms with van der Waals surface area (Å²) >= 11 is 0. The van der Waals surface area contributed by atoms with Gasteiger partial charge in [0, 0.05) is 6.08 Å². The molecule has 1 atom stereocenters. The van der Waals surface area contributed by atoms with E-state index >= 15 is 0 Å². The second-order valence-corrected chi connectivity index (χ2v) is 2.61. The molecule has 0 fully saturated rings. The lowest BCUT2D eigenvalue weighted by Gasteiger charge is -2.01. The molecular formula is C9H15N. The maximum absolute atomic E-state index is 8.20. The molecule has 0 heterocycles.